The summed E-state index contributed by atoms with van der Waals surface area (Å²) < 4.78 is 6.01. The van der Waals surface area contributed by atoms with Crippen molar-refractivity contribution in [2.45, 2.75) is 150 Å². The van der Waals surface area contributed by atoms with Crippen molar-refractivity contribution in [2.24, 2.45) is 57.8 Å². The highest BCUT2D eigenvalue weighted by Crippen LogP contribution is 2.67. The molecule has 6 heteroatoms. The number of nitrogens with one attached hydrogen (secondary N) is 2. The van der Waals surface area contributed by atoms with Gasteiger partial charge in [-0.15, -0.1) is 0 Å². The maximum atomic E-state index is 12.9. The number of esters is 1. The van der Waals surface area contributed by atoms with Crippen molar-refractivity contribution in [2.75, 3.05) is 26.2 Å². The number of allylic oxidation sites excluding steroid dienone is 1. The molecular formula is C38H70N4O2. The molecule has 0 spiro atoms. The van der Waals surface area contributed by atoms with E-state index >= 15 is 0 Å². The molecule has 3 saturated carbocycles. The minimum Gasteiger partial charge on any atom is -0.442 e. The summed E-state index contributed by atoms with van der Waals surface area (Å²) in [5, 5.41) is 6.90. The molecule has 9 atom stereocenters. The molecule has 44 heavy (non-hydrogen) atoms. The Labute approximate surface area is 271 Å². The van der Waals surface area contributed by atoms with Crippen LogP contribution in [0.3, 0.4) is 0 Å². The van der Waals surface area contributed by atoms with Crippen molar-refractivity contribution in [1.82, 2.24) is 10.6 Å². The zero-order valence-corrected chi connectivity index (χ0v) is 29.5. The highest BCUT2D eigenvalue weighted by molar-refractivity contribution is 5.70. The van der Waals surface area contributed by atoms with Crippen LogP contribution in [0.15, 0.2) is 11.6 Å². The van der Waals surface area contributed by atoms with Crippen LogP contribution in [-0.4, -0.2) is 43.9 Å². The number of hydrogen-bond donors (Lipinski definition) is 4. The first-order valence-electron chi connectivity index (χ1n) is 18.8. The topological polar surface area (TPSA) is 102 Å². The second-order valence-corrected chi connectivity index (χ2v) is 16.5. The van der Waals surface area contributed by atoms with Crippen LogP contribution in [0.4, 0.5) is 0 Å². The van der Waals surface area contributed by atoms with E-state index < -0.39 is 5.72 Å². The van der Waals surface area contributed by atoms with Crippen molar-refractivity contribution in [3.63, 3.8) is 0 Å². The molecule has 4 rings (SSSR count). The first kappa shape index (κ1) is 35.9. The van der Waals surface area contributed by atoms with Gasteiger partial charge in [-0.3, -0.25) is 10.5 Å². The third-order valence-corrected chi connectivity index (χ3v) is 13.0. The summed E-state index contributed by atoms with van der Waals surface area (Å²) in [6, 6.07) is -0.336. The predicted octanol–water partition coefficient (Wildman–Crippen LogP) is 7.31. The monoisotopic (exact) mass is 615 g/mol. The molecule has 0 aromatic carbocycles. The smallest absolute Gasteiger partial charge is 0.307 e. The average molecular weight is 615 g/mol. The highest BCUT2D eigenvalue weighted by Gasteiger charge is 2.61. The molecule has 0 bridgehead atoms. The van der Waals surface area contributed by atoms with Gasteiger partial charge >= 0.3 is 5.97 Å². The fraction of sp³-hybridized carbons (Fsp3) is 0.921. The van der Waals surface area contributed by atoms with E-state index in [1.165, 1.54) is 63.4 Å². The summed E-state index contributed by atoms with van der Waals surface area (Å²) in [5.41, 5.74) is 14.5. The van der Waals surface area contributed by atoms with E-state index in [1.54, 1.807) is 0 Å². The molecule has 4 aliphatic rings. The molecule has 3 fully saturated rings. The summed E-state index contributed by atoms with van der Waals surface area (Å²) in [4.78, 5) is 12.9. The molecule has 0 amide bonds. The first-order chi connectivity index (χ1) is 20.9. The second-order valence-electron chi connectivity index (χ2n) is 16.5. The Balaban J connectivity index is 1.28. The third kappa shape index (κ3) is 8.12. The lowest BCUT2D eigenvalue weighted by molar-refractivity contribution is -0.167. The molecule has 6 N–H and O–H groups in total. The van der Waals surface area contributed by atoms with Gasteiger partial charge < -0.3 is 21.1 Å². The molecule has 0 heterocycles. The number of carbonyl (C=O) groups is 1. The zero-order valence-electron chi connectivity index (χ0n) is 29.5. The number of rotatable bonds is 17. The molecule has 0 aromatic heterocycles. The van der Waals surface area contributed by atoms with Crippen molar-refractivity contribution in [3.8, 4) is 0 Å². The quantitative estimate of drug-likeness (QED) is 0.0593. The van der Waals surface area contributed by atoms with Crippen LogP contribution in [0.5, 0.6) is 0 Å². The average Bonchev–Trinajstić information content (AvgIpc) is 3.32. The third-order valence-electron chi connectivity index (χ3n) is 13.0. The van der Waals surface area contributed by atoms with E-state index in [0.717, 1.165) is 81.5 Å². The first-order valence-corrected chi connectivity index (χ1v) is 18.8. The molecule has 5 unspecified atom stereocenters. The molecule has 4 aliphatic carbocycles. The molecule has 0 aliphatic heterocycles. The van der Waals surface area contributed by atoms with E-state index in [9.17, 15) is 4.79 Å². The van der Waals surface area contributed by atoms with Gasteiger partial charge in [-0.2, -0.15) is 0 Å². The lowest BCUT2D eigenvalue weighted by Gasteiger charge is -2.60. The molecule has 0 aromatic rings. The zero-order chi connectivity index (χ0) is 32.0. The van der Waals surface area contributed by atoms with Gasteiger partial charge in [0.1, 0.15) is 0 Å². The Kier molecular flexibility index (Phi) is 12.9. The highest BCUT2D eigenvalue weighted by atomic mass is 16.6. The van der Waals surface area contributed by atoms with Crippen molar-refractivity contribution in [1.29, 1.82) is 0 Å². The van der Waals surface area contributed by atoms with E-state index in [1.807, 2.05) is 0 Å². The van der Waals surface area contributed by atoms with Crippen molar-refractivity contribution < 1.29 is 9.53 Å². The number of hydrogen-bond acceptors (Lipinski definition) is 6. The predicted molar refractivity (Wildman–Crippen MR) is 184 cm³/mol. The number of ether oxygens (including phenoxy) is 1. The summed E-state index contributed by atoms with van der Waals surface area (Å²) in [7, 11) is 0. The Hall–Kier alpha value is -0.950. The Morgan fingerprint density at radius 2 is 1.68 bits per heavy atom. The molecule has 6 nitrogen and oxygen atoms in total. The number of fused-ring (bicyclic) bond motifs is 5. The van der Waals surface area contributed by atoms with Gasteiger partial charge in [-0.05, 0) is 137 Å². The summed E-state index contributed by atoms with van der Waals surface area (Å²) >= 11 is 0. The van der Waals surface area contributed by atoms with Crippen molar-refractivity contribution in [3.05, 3.63) is 11.6 Å². The van der Waals surface area contributed by atoms with Crippen LogP contribution in [0, 0.1) is 46.3 Å². The summed E-state index contributed by atoms with van der Waals surface area (Å²) in [6.45, 7) is 18.6. The number of nitrogens with two attached hydrogens (primary N) is 2. The Bertz CT molecular complexity index is 953. The Morgan fingerprint density at radius 3 is 2.39 bits per heavy atom. The van der Waals surface area contributed by atoms with Crippen LogP contribution in [-0.2, 0) is 9.53 Å². The van der Waals surface area contributed by atoms with Crippen LogP contribution in [0.1, 0.15) is 138 Å². The van der Waals surface area contributed by atoms with Gasteiger partial charge in [0.25, 0.3) is 0 Å². The second kappa shape index (κ2) is 15.8. The number of unbranched alkanes of at least 4 members (excludes halogenated alkanes) is 1. The van der Waals surface area contributed by atoms with Gasteiger partial charge in [-0.25, -0.2) is 0 Å². The van der Waals surface area contributed by atoms with Crippen molar-refractivity contribution >= 4 is 5.97 Å². The maximum absolute atomic E-state index is 12.9. The normalized spacial score (nSPS) is 37.2. The van der Waals surface area contributed by atoms with Gasteiger partial charge in [0.05, 0.1) is 6.04 Å². The molecule has 0 saturated heterocycles. The van der Waals surface area contributed by atoms with Gasteiger partial charge in [-0.1, -0.05) is 72.5 Å². The standard InChI is InChI=1S/C38H70N4O2/c1-7-21-41-22-8-9-23-42-24-11-14-35(43)44-38(40)25-29-15-16-30-32-18-17-31(28(4)13-10-12-27(2)3)36(32,5)20-19-33(30)37(29,6)26-34(38)39/h15,27-28,30-34,41-42H,7-14,16-26,39-40H2,1-6H3/t28-,30?,31-,32?,33?,34?,36-,37+,38?/m1/s1. The summed E-state index contributed by atoms with van der Waals surface area (Å²) in [6.07, 6.45) is 19.3. The van der Waals surface area contributed by atoms with Gasteiger partial charge in [0, 0.05) is 12.8 Å². The lowest BCUT2D eigenvalue weighted by Crippen LogP contribution is -2.65. The lowest BCUT2D eigenvalue weighted by atomic mass is 9.46. The Morgan fingerprint density at radius 1 is 0.977 bits per heavy atom. The van der Waals surface area contributed by atoms with Crippen LogP contribution < -0.4 is 22.1 Å². The molecule has 0 radical (unpaired) electrons. The van der Waals surface area contributed by atoms with E-state index in [-0.39, 0.29) is 17.4 Å². The minimum absolute atomic E-state index is 0.0654. The van der Waals surface area contributed by atoms with Crippen LogP contribution in [0.2, 0.25) is 0 Å². The van der Waals surface area contributed by atoms with E-state index in [2.05, 4.69) is 58.3 Å². The molecule has 254 valence electrons. The fourth-order valence-electron chi connectivity index (χ4n) is 10.5. The van der Waals surface area contributed by atoms with E-state index in [0.29, 0.717) is 24.2 Å². The largest absolute Gasteiger partial charge is 0.442 e. The van der Waals surface area contributed by atoms with Gasteiger partial charge in [0.15, 0.2) is 5.72 Å². The number of carbonyl (C=O) groups excluding carboxylic acids is 1. The molecular weight excluding hydrogens is 544 g/mol. The maximum Gasteiger partial charge on any atom is 0.307 e. The van der Waals surface area contributed by atoms with Crippen LogP contribution in [0.25, 0.3) is 0 Å². The minimum atomic E-state index is -1.10. The fourth-order valence-corrected chi connectivity index (χ4v) is 10.5. The summed E-state index contributed by atoms with van der Waals surface area (Å²) in [5.74, 6) is 4.52. The SMILES string of the molecule is CCCNCCCCNCCCC(=O)OC1(N)CC2=CCC3C(CC[C@@]4(C)C3CC[C@@H]4[C@H](C)CCCC(C)C)[C@@]2(C)CC1N. The van der Waals surface area contributed by atoms with E-state index in [4.69, 9.17) is 16.2 Å². The van der Waals surface area contributed by atoms with Crippen LogP contribution >= 0.6 is 0 Å². The van der Waals surface area contributed by atoms with Gasteiger partial charge in [0.2, 0.25) is 0 Å².